The number of carbonyl (C=O) groups excluding carboxylic acids is 1. The number of ether oxygens (including phenoxy) is 1. The molecule has 2 aliphatic rings. The minimum absolute atomic E-state index is 0.0248. The molecule has 6 nitrogen and oxygen atoms in total. The van der Waals surface area contributed by atoms with Gasteiger partial charge in [-0.1, -0.05) is 79.9 Å². The van der Waals surface area contributed by atoms with Crippen molar-refractivity contribution in [1.82, 2.24) is 15.2 Å². The smallest absolute Gasteiger partial charge is 0.238 e. The summed E-state index contributed by atoms with van der Waals surface area (Å²) in [5.74, 6) is 2.68. The molecule has 1 fully saturated rings. The topological polar surface area (TPSA) is 71.1 Å². The largest absolute Gasteiger partial charge is 0.489 e. The summed E-state index contributed by atoms with van der Waals surface area (Å²) in [5.41, 5.74) is 1.87. The second kappa shape index (κ2) is 9.14. The second-order valence-electron chi connectivity index (χ2n) is 8.18. The van der Waals surface area contributed by atoms with E-state index in [9.17, 15) is 4.79 Å². The van der Waals surface area contributed by atoms with Crippen molar-refractivity contribution in [2.24, 2.45) is 5.92 Å². The lowest BCUT2D eigenvalue weighted by atomic mass is 10.0. The average molecular weight is 435 g/mol. The molecule has 5 rings (SSSR count). The number of anilines is 1. The standard InChI is InChI=1S/C24H26N4O2S/c29-23(16-31-24-25-22(26-27-24)14-17-8-4-5-9-17)28-19-12-6-7-13-21(19)30-15-20(28)18-10-2-1-3-11-18/h1-3,6-7,10-13,17,20H,4-5,8-9,14-16H2,(H,25,26,27). The van der Waals surface area contributed by atoms with E-state index < -0.39 is 0 Å². The van der Waals surface area contributed by atoms with Gasteiger partial charge in [0.1, 0.15) is 18.2 Å². The molecule has 1 atom stereocenters. The van der Waals surface area contributed by atoms with Crippen molar-refractivity contribution in [2.45, 2.75) is 43.3 Å². The molecule has 1 unspecified atom stereocenters. The maximum Gasteiger partial charge on any atom is 0.238 e. The number of benzene rings is 2. The Morgan fingerprint density at radius 1 is 1.10 bits per heavy atom. The molecular weight excluding hydrogens is 408 g/mol. The minimum Gasteiger partial charge on any atom is -0.489 e. The van der Waals surface area contributed by atoms with Crippen LogP contribution in [0.15, 0.2) is 59.8 Å². The number of nitrogens with zero attached hydrogens (tertiary/aromatic N) is 3. The number of amides is 1. The molecule has 1 aromatic heterocycles. The van der Waals surface area contributed by atoms with Crippen LogP contribution in [0.1, 0.15) is 43.1 Å². The first-order valence-electron chi connectivity index (χ1n) is 10.9. The molecular formula is C24H26N4O2S. The lowest BCUT2D eigenvalue weighted by Crippen LogP contribution is -2.42. The van der Waals surface area contributed by atoms with E-state index in [4.69, 9.17) is 4.74 Å². The number of aromatic nitrogens is 3. The number of aromatic amines is 1. The number of fused-ring (bicyclic) bond motifs is 1. The molecule has 0 saturated heterocycles. The first-order chi connectivity index (χ1) is 15.3. The highest BCUT2D eigenvalue weighted by Crippen LogP contribution is 2.39. The van der Waals surface area contributed by atoms with Gasteiger partial charge in [-0.25, -0.2) is 4.98 Å². The lowest BCUT2D eigenvalue weighted by Gasteiger charge is -2.37. The summed E-state index contributed by atoms with van der Waals surface area (Å²) >= 11 is 1.39. The first-order valence-corrected chi connectivity index (χ1v) is 11.9. The fraction of sp³-hybridized carbons (Fsp3) is 0.375. The molecule has 0 bridgehead atoms. The maximum atomic E-state index is 13.4. The van der Waals surface area contributed by atoms with Crippen LogP contribution in [0.3, 0.4) is 0 Å². The summed E-state index contributed by atoms with van der Waals surface area (Å²) in [7, 11) is 0. The van der Waals surface area contributed by atoms with Gasteiger partial charge in [0.05, 0.1) is 17.5 Å². The van der Waals surface area contributed by atoms with E-state index in [1.165, 1.54) is 37.4 Å². The SMILES string of the molecule is O=C(CSc1n[nH]c(CC2CCCC2)n1)N1c2ccccc2OCC1c1ccccc1. The van der Waals surface area contributed by atoms with Crippen molar-refractivity contribution in [1.29, 1.82) is 0 Å². The highest BCUT2D eigenvalue weighted by molar-refractivity contribution is 7.99. The predicted molar refractivity (Wildman–Crippen MR) is 121 cm³/mol. The number of hydrogen-bond donors (Lipinski definition) is 1. The number of carbonyl (C=O) groups is 1. The number of thioether (sulfide) groups is 1. The van der Waals surface area contributed by atoms with E-state index in [0.717, 1.165) is 29.2 Å². The Balaban J connectivity index is 1.31. The molecule has 1 amide bonds. The zero-order chi connectivity index (χ0) is 21.0. The van der Waals surface area contributed by atoms with Gasteiger partial charge < -0.3 is 4.74 Å². The van der Waals surface area contributed by atoms with E-state index in [0.29, 0.717) is 17.7 Å². The third kappa shape index (κ3) is 4.46. The molecule has 160 valence electrons. The van der Waals surface area contributed by atoms with Crippen molar-refractivity contribution in [3.05, 3.63) is 66.0 Å². The Morgan fingerprint density at radius 3 is 2.71 bits per heavy atom. The van der Waals surface area contributed by atoms with Gasteiger partial charge in [0.2, 0.25) is 11.1 Å². The van der Waals surface area contributed by atoms with Crippen LogP contribution in [-0.2, 0) is 11.2 Å². The van der Waals surface area contributed by atoms with Crippen molar-refractivity contribution in [3.63, 3.8) is 0 Å². The minimum atomic E-state index is -0.158. The van der Waals surface area contributed by atoms with Crippen LogP contribution in [0.25, 0.3) is 0 Å². The summed E-state index contributed by atoms with van der Waals surface area (Å²) in [6.45, 7) is 0.434. The molecule has 3 aromatic rings. The first kappa shape index (κ1) is 20.1. The highest BCUT2D eigenvalue weighted by atomic mass is 32.2. The van der Waals surface area contributed by atoms with Crippen LogP contribution in [0.4, 0.5) is 5.69 Å². The van der Waals surface area contributed by atoms with Crippen LogP contribution in [-0.4, -0.2) is 33.4 Å². The summed E-state index contributed by atoms with van der Waals surface area (Å²) < 4.78 is 5.97. The number of H-pyrrole nitrogens is 1. The van der Waals surface area contributed by atoms with Crippen molar-refractivity contribution < 1.29 is 9.53 Å². The zero-order valence-corrected chi connectivity index (χ0v) is 18.2. The van der Waals surface area contributed by atoms with Gasteiger partial charge in [0.15, 0.2) is 0 Å². The lowest BCUT2D eigenvalue weighted by molar-refractivity contribution is -0.117. The highest BCUT2D eigenvalue weighted by Gasteiger charge is 2.33. The molecule has 1 saturated carbocycles. The third-order valence-electron chi connectivity index (χ3n) is 6.08. The molecule has 0 spiro atoms. The zero-order valence-electron chi connectivity index (χ0n) is 17.4. The Bertz CT molecular complexity index is 1030. The Labute approximate surface area is 186 Å². The van der Waals surface area contributed by atoms with Crippen molar-refractivity contribution in [3.8, 4) is 5.75 Å². The summed E-state index contributed by atoms with van der Waals surface area (Å²) in [5, 5.41) is 8.03. The van der Waals surface area contributed by atoms with Crippen LogP contribution < -0.4 is 9.64 Å². The normalized spacial score (nSPS) is 18.6. The molecule has 7 heteroatoms. The van der Waals surface area contributed by atoms with Gasteiger partial charge >= 0.3 is 0 Å². The monoisotopic (exact) mass is 434 g/mol. The fourth-order valence-electron chi connectivity index (χ4n) is 4.54. The summed E-state index contributed by atoms with van der Waals surface area (Å²) in [4.78, 5) is 19.9. The van der Waals surface area contributed by atoms with E-state index in [1.54, 1.807) is 0 Å². The predicted octanol–water partition coefficient (Wildman–Crippen LogP) is 4.80. The molecule has 1 N–H and O–H groups in total. The Morgan fingerprint density at radius 2 is 1.87 bits per heavy atom. The van der Waals surface area contributed by atoms with Gasteiger partial charge in [0, 0.05) is 6.42 Å². The van der Waals surface area contributed by atoms with E-state index >= 15 is 0 Å². The summed E-state index contributed by atoms with van der Waals surface area (Å²) in [6.07, 6.45) is 6.14. The Hall–Kier alpha value is -2.80. The fourth-order valence-corrected chi connectivity index (χ4v) is 5.21. The van der Waals surface area contributed by atoms with Gasteiger partial charge in [-0.2, -0.15) is 0 Å². The number of nitrogens with one attached hydrogen (secondary N) is 1. The number of hydrogen-bond acceptors (Lipinski definition) is 5. The van der Waals surface area contributed by atoms with Gasteiger partial charge in [-0.05, 0) is 23.6 Å². The third-order valence-corrected chi connectivity index (χ3v) is 6.91. The quantitative estimate of drug-likeness (QED) is 0.565. The van der Waals surface area contributed by atoms with Gasteiger partial charge in [-0.15, -0.1) is 5.10 Å². The van der Waals surface area contributed by atoms with Crippen LogP contribution >= 0.6 is 11.8 Å². The average Bonchev–Trinajstić information content (AvgIpc) is 3.50. The molecule has 0 radical (unpaired) electrons. The molecule has 1 aliphatic carbocycles. The van der Waals surface area contributed by atoms with E-state index in [-0.39, 0.29) is 17.7 Å². The number of para-hydroxylation sites is 2. The van der Waals surface area contributed by atoms with Gasteiger partial charge in [-0.3, -0.25) is 14.8 Å². The molecule has 2 heterocycles. The summed E-state index contributed by atoms with van der Waals surface area (Å²) in [6, 6.07) is 17.6. The van der Waals surface area contributed by atoms with Crippen LogP contribution in [0.5, 0.6) is 5.75 Å². The van der Waals surface area contributed by atoms with Crippen molar-refractivity contribution in [2.75, 3.05) is 17.3 Å². The maximum absolute atomic E-state index is 13.4. The molecule has 2 aromatic carbocycles. The van der Waals surface area contributed by atoms with Crippen molar-refractivity contribution >= 4 is 23.4 Å². The molecule has 1 aliphatic heterocycles. The molecule has 31 heavy (non-hydrogen) atoms. The van der Waals surface area contributed by atoms with E-state index in [1.807, 2.05) is 59.5 Å². The second-order valence-corrected chi connectivity index (χ2v) is 9.12. The van der Waals surface area contributed by atoms with Gasteiger partial charge in [0.25, 0.3) is 0 Å². The Kier molecular flexibility index (Phi) is 5.93. The van der Waals surface area contributed by atoms with Crippen LogP contribution in [0, 0.1) is 5.92 Å². The number of rotatable bonds is 6. The van der Waals surface area contributed by atoms with E-state index in [2.05, 4.69) is 15.2 Å². The van der Waals surface area contributed by atoms with Crippen LogP contribution in [0.2, 0.25) is 0 Å².